The summed E-state index contributed by atoms with van der Waals surface area (Å²) in [7, 11) is 1.59. The van der Waals surface area contributed by atoms with E-state index in [-0.39, 0.29) is 17.7 Å². The van der Waals surface area contributed by atoms with Gasteiger partial charge in [-0.1, -0.05) is 18.2 Å². The van der Waals surface area contributed by atoms with Crippen molar-refractivity contribution in [3.8, 4) is 5.88 Å². The van der Waals surface area contributed by atoms with Gasteiger partial charge in [0.15, 0.2) is 0 Å². The molecule has 27 heavy (non-hydrogen) atoms. The van der Waals surface area contributed by atoms with Crippen LogP contribution >= 0.6 is 0 Å². The average Bonchev–Trinajstić information content (AvgIpc) is 3.08. The molecule has 0 aliphatic carbocycles. The number of methoxy groups -OCH3 is 1. The molecular weight excluding hydrogens is 346 g/mol. The summed E-state index contributed by atoms with van der Waals surface area (Å²) in [5, 5.41) is 2.90. The van der Waals surface area contributed by atoms with Gasteiger partial charge in [-0.15, -0.1) is 0 Å². The highest BCUT2D eigenvalue weighted by Crippen LogP contribution is 2.24. The average molecular weight is 369 g/mol. The maximum atomic E-state index is 12.4. The largest absolute Gasteiger partial charge is 0.475 e. The van der Waals surface area contributed by atoms with Crippen molar-refractivity contribution in [2.75, 3.05) is 38.3 Å². The van der Waals surface area contributed by atoms with Gasteiger partial charge < -0.3 is 19.7 Å². The van der Waals surface area contributed by atoms with Gasteiger partial charge >= 0.3 is 0 Å². The second-order valence-corrected chi connectivity index (χ2v) is 6.34. The number of benzene rings is 1. The lowest BCUT2D eigenvalue weighted by Gasteiger charge is -2.17. The summed E-state index contributed by atoms with van der Waals surface area (Å²) in [6, 6.07) is 12.8. The monoisotopic (exact) mass is 369 g/mol. The smallest absolute Gasteiger partial charge is 0.251 e. The van der Waals surface area contributed by atoms with E-state index >= 15 is 0 Å². The maximum Gasteiger partial charge on any atom is 0.251 e. The fourth-order valence-corrected chi connectivity index (χ4v) is 2.97. The number of hydrogen-bond acceptors (Lipinski definition) is 5. The first-order valence-electron chi connectivity index (χ1n) is 8.89. The molecule has 0 saturated carbocycles. The van der Waals surface area contributed by atoms with Crippen LogP contribution in [0.15, 0.2) is 48.7 Å². The SMILES string of the molecule is COCCOc1cc(C(=O)NCC2CC(=O)N(c3ccccc3)C2)ccn1. The van der Waals surface area contributed by atoms with E-state index in [0.717, 1.165) is 5.69 Å². The minimum absolute atomic E-state index is 0.0817. The number of nitrogens with zero attached hydrogens (tertiary/aromatic N) is 2. The van der Waals surface area contributed by atoms with Crippen molar-refractivity contribution in [1.29, 1.82) is 0 Å². The van der Waals surface area contributed by atoms with Crippen molar-refractivity contribution >= 4 is 17.5 Å². The molecule has 2 aromatic rings. The van der Waals surface area contributed by atoms with Crippen molar-refractivity contribution in [2.45, 2.75) is 6.42 Å². The number of carbonyl (C=O) groups is 2. The van der Waals surface area contributed by atoms with E-state index in [9.17, 15) is 9.59 Å². The highest BCUT2D eigenvalue weighted by atomic mass is 16.5. The van der Waals surface area contributed by atoms with E-state index in [1.165, 1.54) is 6.20 Å². The summed E-state index contributed by atoms with van der Waals surface area (Å²) in [5.41, 5.74) is 1.37. The molecule has 2 amide bonds. The first kappa shape index (κ1) is 18.8. The molecule has 1 N–H and O–H groups in total. The van der Waals surface area contributed by atoms with E-state index in [4.69, 9.17) is 9.47 Å². The molecule has 1 fully saturated rings. The van der Waals surface area contributed by atoms with Gasteiger partial charge in [-0.25, -0.2) is 4.98 Å². The molecule has 1 aliphatic rings. The number of aromatic nitrogens is 1. The molecule has 0 radical (unpaired) electrons. The lowest BCUT2D eigenvalue weighted by Crippen LogP contribution is -2.31. The van der Waals surface area contributed by atoms with Crippen molar-refractivity contribution < 1.29 is 19.1 Å². The minimum Gasteiger partial charge on any atom is -0.475 e. The number of carbonyl (C=O) groups excluding carboxylic acids is 2. The topological polar surface area (TPSA) is 80.8 Å². The fourth-order valence-electron chi connectivity index (χ4n) is 2.97. The van der Waals surface area contributed by atoms with Crippen molar-refractivity contribution in [2.24, 2.45) is 5.92 Å². The highest BCUT2D eigenvalue weighted by Gasteiger charge is 2.30. The molecule has 7 nitrogen and oxygen atoms in total. The van der Waals surface area contributed by atoms with Crippen LogP contribution in [0.3, 0.4) is 0 Å². The number of ether oxygens (including phenoxy) is 2. The Morgan fingerprint density at radius 1 is 1.26 bits per heavy atom. The standard InChI is InChI=1S/C20H23N3O4/c1-26-9-10-27-18-12-16(7-8-21-18)20(25)22-13-15-11-19(24)23(14-15)17-5-3-2-4-6-17/h2-8,12,15H,9-11,13-14H2,1H3,(H,22,25). The summed E-state index contributed by atoms with van der Waals surface area (Å²) in [5.74, 6) is 0.338. The number of para-hydroxylation sites is 1. The first-order chi connectivity index (χ1) is 13.2. The Balaban J connectivity index is 1.52. The van der Waals surface area contributed by atoms with Gasteiger partial charge in [-0.05, 0) is 18.2 Å². The number of anilines is 1. The molecular formula is C20H23N3O4. The second kappa shape index (κ2) is 9.14. The fraction of sp³-hybridized carbons (Fsp3) is 0.350. The predicted molar refractivity (Wildman–Crippen MR) is 101 cm³/mol. The quantitative estimate of drug-likeness (QED) is 0.719. The normalized spacial score (nSPS) is 16.4. The molecule has 1 aliphatic heterocycles. The molecule has 0 bridgehead atoms. The van der Waals surface area contributed by atoms with Gasteiger partial charge in [0, 0.05) is 56.1 Å². The lowest BCUT2D eigenvalue weighted by atomic mass is 10.1. The van der Waals surface area contributed by atoms with E-state index in [0.29, 0.717) is 44.2 Å². The summed E-state index contributed by atoms with van der Waals surface area (Å²) in [4.78, 5) is 30.5. The van der Waals surface area contributed by atoms with Crippen LogP contribution < -0.4 is 15.0 Å². The summed E-state index contributed by atoms with van der Waals surface area (Å²) in [6.45, 7) is 1.86. The molecule has 7 heteroatoms. The third-order valence-electron chi connectivity index (χ3n) is 4.36. The zero-order valence-corrected chi connectivity index (χ0v) is 15.3. The number of pyridine rings is 1. The third kappa shape index (κ3) is 5.04. The van der Waals surface area contributed by atoms with Gasteiger partial charge in [0.1, 0.15) is 6.61 Å². The Morgan fingerprint density at radius 2 is 2.07 bits per heavy atom. The molecule has 1 atom stereocenters. The molecule has 2 heterocycles. The molecule has 1 aromatic heterocycles. The third-order valence-corrected chi connectivity index (χ3v) is 4.36. The first-order valence-corrected chi connectivity index (χ1v) is 8.89. The molecule has 1 saturated heterocycles. The van der Waals surface area contributed by atoms with E-state index in [1.54, 1.807) is 24.1 Å². The van der Waals surface area contributed by atoms with Crippen LogP contribution in [-0.4, -0.2) is 50.2 Å². The number of nitrogens with one attached hydrogen (secondary N) is 1. The molecule has 0 spiro atoms. The van der Waals surface area contributed by atoms with Crippen LogP contribution in [0, 0.1) is 5.92 Å². The lowest BCUT2D eigenvalue weighted by molar-refractivity contribution is -0.117. The highest BCUT2D eigenvalue weighted by molar-refractivity contribution is 5.96. The number of rotatable bonds is 8. The van der Waals surface area contributed by atoms with E-state index in [1.807, 2.05) is 30.3 Å². The van der Waals surface area contributed by atoms with Crippen LogP contribution in [0.2, 0.25) is 0 Å². The molecule has 1 aromatic carbocycles. The Hall–Kier alpha value is -2.93. The van der Waals surface area contributed by atoms with Crippen LogP contribution in [0.4, 0.5) is 5.69 Å². The Morgan fingerprint density at radius 3 is 2.85 bits per heavy atom. The van der Waals surface area contributed by atoms with Gasteiger partial charge in [0.25, 0.3) is 5.91 Å². The maximum absolute atomic E-state index is 12.4. The zero-order chi connectivity index (χ0) is 19.1. The summed E-state index contributed by atoms with van der Waals surface area (Å²) < 4.78 is 10.3. The van der Waals surface area contributed by atoms with Gasteiger partial charge in [-0.2, -0.15) is 0 Å². The van der Waals surface area contributed by atoms with Crippen LogP contribution in [-0.2, 0) is 9.53 Å². The molecule has 3 rings (SSSR count). The molecule has 142 valence electrons. The summed E-state index contributed by atoms with van der Waals surface area (Å²) in [6.07, 6.45) is 1.96. The Labute approximate surface area is 158 Å². The van der Waals surface area contributed by atoms with Gasteiger partial charge in [-0.3, -0.25) is 9.59 Å². The van der Waals surface area contributed by atoms with Crippen LogP contribution in [0.1, 0.15) is 16.8 Å². The van der Waals surface area contributed by atoms with Crippen molar-refractivity contribution in [3.05, 3.63) is 54.2 Å². The Bertz CT molecular complexity index is 782. The van der Waals surface area contributed by atoms with Gasteiger partial charge in [0.05, 0.1) is 6.61 Å². The minimum atomic E-state index is -0.209. The van der Waals surface area contributed by atoms with Crippen molar-refractivity contribution in [1.82, 2.24) is 10.3 Å². The van der Waals surface area contributed by atoms with Crippen LogP contribution in [0.25, 0.3) is 0 Å². The summed E-state index contributed by atoms with van der Waals surface area (Å²) >= 11 is 0. The predicted octanol–water partition coefficient (Wildman–Crippen LogP) is 1.89. The van der Waals surface area contributed by atoms with E-state index < -0.39 is 0 Å². The van der Waals surface area contributed by atoms with Gasteiger partial charge in [0.2, 0.25) is 11.8 Å². The molecule has 1 unspecified atom stereocenters. The number of hydrogen-bond donors (Lipinski definition) is 1. The zero-order valence-electron chi connectivity index (χ0n) is 15.3. The van der Waals surface area contributed by atoms with E-state index in [2.05, 4.69) is 10.3 Å². The Kier molecular flexibility index (Phi) is 6.38. The van der Waals surface area contributed by atoms with Crippen LogP contribution in [0.5, 0.6) is 5.88 Å². The van der Waals surface area contributed by atoms with Crippen molar-refractivity contribution in [3.63, 3.8) is 0 Å². The second-order valence-electron chi connectivity index (χ2n) is 6.34. The number of amides is 2.